The SMILES string of the molecule is Cc1ccc(C2C3=C(CC(C)(C)CC3=O)Nc3ccccc3N2C(=O)CN2CCCCC2)cc1. The molecule has 0 aromatic heterocycles. The summed E-state index contributed by atoms with van der Waals surface area (Å²) in [5.41, 5.74) is 5.45. The van der Waals surface area contributed by atoms with Crippen molar-refractivity contribution in [2.75, 3.05) is 29.9 Å². The average Bonchev–Trinajstić information content (AvgIpc) is 2.94. The minimum Gasteiger partial charge on any atom is -0.357 e. The fourth-order valence-corrected chi connectivity index (χ4v) is 5.71. The summed E-state index contributed by atoms with van der Waals surface area (Å²) in [5.74, 6) is 0.181. The monoisotopic (exact) mass is 457 g/mol. The quantitative estimate of drug-likeness (QED) is 0.650. The van der Waals surface area contributed by atoms with Gasteiger partial charge in [-0.25, -0.2) is 0 Å². The van der Waals surface area contributed by atoms with Crippen molar-refractivity contribution in [3.8, 4) is 0 Å². The molecule has 2 heterocycles. The van der Waals surface area contributed by atoms with E-state index in [2.05, 4.69) is 55.3 Å². The third kappa shape index (κ3) is 4.41. The molecule has 34 heavy (non-hydrogen) atoms. The van der Waals surface area contributed by atoms with Crippen LogP contribution in [0, 0.1) is 12.3 Å². The van der Waals surface area contributed by atoms with Gasteiger partial charge in [0.2, 0.25) is 5.91 Å². The number of likely N-dealkylation sites (tertiary alicyclic amines) is 1. The normalized spacial score (nSPS) is 22.5. The van der Waals surface area contributed by atoms with Gasteiger partial charge in [-0.1, -0.05) is 62.2 Å². The van der Waals surface area contributed by atoms with E-state index < -0.39 is 6.04 Å². The van der Waals surface area contributed by atoms with Crippen molar-refractivity contribution in [3.05, 3.63) is 70.9 Å². The smallest absolute Gasteiger partial charge is 0.242 e. The lowest BCUT2D eigenvalue weighted by Crippen LogP contribution is -2.45. The van der Waals surface area contributed by atoms with Gasteiger partial charge < -0.3 is 5.32 Å². The highest BCUT2D eigenvalue weighted by atomic mass is 16.2. The molecule has 1 fully saturated rings. The molecule has 5 rings (SSSR count). The molecular formula is C29H35N3O2. The molecule has 5 nitrogen and oxygen atoms in total. The summed E-state index contributed by atoms with van der Waals surface area (Å²) in [6.07, 6.45) is 4.76. The Kier molecular flexibility index (Phi) is 6.07. The highest BCUT2D eigenvalue weighted by Crippen LogP contribution is 2.48. The van der Waals surface area contributed by atoms with Gasteiger partial charge in [-0.15, -0.1) is 0 Å². The van der Waals surface area contributed by atoms with Crippen LogP contribution < -0.4 is 10.2 Å². The second-order valence-electron chi connectivity index (χ2n) is 10.9. The zero-order valence-electron chi connectivity index (χ0n) is 20.6. The molecule has 1 aliphatic carbocycles. The Labute approximate surface area is 202 Å². The zero-order chi connectivity index (χ0) is 23.9. The van der Waals surface area contributed by atoms with E-state index >= 15 is 0 Å². The Balaban J connectivity index is 1.67. The number of anilines is 2. The first kappa shape index (κ1) is 22.9. The molecule has 2 aliphatic heterocycles. The Bertz CT molecular complexity index is 1130. The molecule has 1 amide bonds. The van der Waals surface area contributed by atoms with E-state index in [0.29, 0.717) is 13.0 Å². The van der Waals surface area contributed by atoms with E-state index in [-0.39, 0.29) is 17.1 Å². The van der Waals surface area contributed by atoms with E-state index in [1.807, 2.05) is 29.2 Å². The molecule has 3 aliphatic rings. The number of ketones is 1. The van der Waals surface area contributed by atoms with Gasteiger partial charge in [-0.05, 0) is 62.4 Å². The number of allylic oxidation sites excluding steroid dienone is 1. The van der Waals surface area contributed by atoms with E-state index in [0.717, 1.165) is 66.1 Å². The summed E-state index contributed by atoms with van der Waals surface area (Å²) in [5, 5.41) is 3.60. The maximum absolute atomic E-state index is 14.1. The van der Waals surface area contributed by atoms with Gasteiger partial charge in [-0.2, -0.15) is 0 Å². The predicted molar refractivity (Wildman–Crippen MR) is 137 cm³/mol. The number of hydrogen-bond donors (Lipinski definition) is 1. The summed E-state index contributed by atoms with van der Waals surface area (Å²) < 4.78 is 0. The van der Waals surface area contributed by atoms with Crippen LogP contribution in [-0.4, -0.2) is 36.2 Å². The van der Waals surface area contributed by atoms with Crippen LogP contribution in [0.15, 0.2) is 59.8 Å². The van der Waals surface area contributed by atoms with Crippen molar-refractivity contribution >= 4 is 23.1 Å². The van der Waals surface area contributed by atoms with Gasteiger partial charge in [0.25, 0.3) is 0 Å². The van der Waals surface area contributed by atoms with Gasteiger partial charge in [0, 0.05) is 17.7 Å². The first-order valence-corrected chi connectivity index (χ1v) is 12.6. The Morgan fingerprint density at radius 3 is 2.44 bits per heavy atom. The molecule has 5 heteroatoms. The molecular weight excluding hydrogens is 422 g/mol. The first-order chi connectivity index (χ1) is 16.3. The van der Waals surface area contributed by atoms with Crippen molar-refractivity contribution in [2.45, 2.75) is 58.9 Å². The van der Waals surface area contributed by atoms with Crippen LogP contribution in [-0.2, 0) is 9.59 Å². The van der Waals surface area contributed by atoms with Crippen LogP contribution in [0.2, 0.25) is 0 Å². The van der Waals surface area contributed by atoms with Gasteiger partial charge >= 0.3 is 0 Å². The lowest BCUT2D eigenvalue weighted by molar-refractivity contribution is -0.120. The van der Waals surface area contributed by atoms with E-state index in [9.17, 15) is 9.59 Å². The Morgan fingerprint density at radius 1 is 1.00 bits per heavy atom. The predicted octanol–water partition coefficient (Wildman–Crippen LogP) is 5.62. The molecule has 0 bridgehead atoms. The summed E-state index contributed by atoms with van der Waals surface area (Å²) >= 11 is 0. The fraction of sp³-hybridized carbons (Fsp3) is 0.448. The van der Waals surface area contributed by atoms with E-state index in [1.54, 1.807) is 0 Å². The minimum absolute atomic E-state index is 0.0492. The largest absolute Gasteiger partial charge is 0.357 e. The highest BCUT2D eigenvalue weighted by Gasteiger charge is 2.43. The molecule has 0 saturated carbocycles. The number of nitrogens with zero attached hydrogens (tertiary/aromatic N) is 2. The number of Topliss-reactive ketones (excluding diaryl/α,β-unsaturated/α-hetero) is 1. The van der Waals surface area contributed by atoms with Crippen LogP contribution in [0.25, 0.3) is 0 Å². The van der Waals surface area contributed by atoms with Crippen molar-refractivity contribution < 1.29 is 9.59 Å². The molecule has 1 N–H and O–H groups in total. The summed E-state index contributed by atoms with van der Waals surface area (Å²) in [4.78, 5) is 31.9. The fourth-order valence-electron chi connectivity index (χ4n) is 5.71. The molecule has 0 spiro atoms. The third-order valence-corrected chi connectivity index (χ3v) is 7.37. The lowest BCUT2D eigenvalue weighted by atomic mass is 9.73. The summed E-state index contributed by atoms with van der Waals surface area (Å²) in [7, 11) is 0. The second-order valence-corrected chi connectivity index (χ2v) is 10.9. The van der Waals surface area contributed by atoms with Crippen LogP contribution in [0.5, 0.6) is 0 Å². The molecule has 2 aromatic rings. The number of rotatable bonds is 3. The van der Waals surface area contributed by atoms with Crippen LogP contribution in [0.3, 0.4) is 0 Å². The minimum atomic E-state index is -0.437. The van der Waals surface area contributed by atoms with Gasteiger partial charge in [-0.3, -0.25) is 19.4 Å². The number of hydrogen-bond acceptors (Lipinski definition) is 4. The topological polar surface area (TPSA) is 52.7 Å². The first-order valence-electron chi connectivity index (χ1n) is 12.6. The number of fused-ring (bicyclic) bond motifs is 1. The Morgan fingerprint density at radius 2 is 1.71 bits per heavy atom. The van der Waals surface area contributed by atoms with Crippen molar-refractivity contribution in [2.24, 2.45) is 5.41 Å². The number of benzene rings is 2. The number of piperidine rings is 1. The van der Waals surface area contributed by atoms with Crippen LogP contribution in [0.4, 0.5) is 11.4 Å². The molecule has 0 radical (unpaired) electrons. The molecule has 2 aromatic carbocycles. The molecule has 178 valence electrons. The number of carbonyl (C=O) groups is 2. The molecule has 1 unspecified atom stereocenters. The van der Waals surface area contributed by atoms with Crippen LogP contribution in [0.1, 0.15) is 63.1 Å². The van der Waals surface area contributed by atoms with Crippen LogP contribution >= 0.6 is 0 Å². The molecule has 1 saturated heterocycles. The number of carbonyl (C=O) groups excluding carboxylic acids is 2. The van der Waals surface area contributed by atoms with E-state index in [1.165, 1.54) is 6.42 Å². The lowest BCUT2D eigenvalue weighted by Gasteiger charge is -2.38. The summed E-state index contributed by atoms with van der Waals surface area (Å²) in [6, 6.07) is 15.9. The maximum Gasteiger partial charge on any atom is 0.242 e. The van der Waals surface area contributed by atoms with Crippen molar-refractivity contribution in [1.29, 1.82) is 0 Å². The summed E-state index contributed by atoms with van der Waals surface area (Å²) in [6.45, 7) is 8.64. The number of para-hydroxylation sites is 2. The molecule has 1 atom stereocenters. The highest BCUT2D eigenvalue weighted by molar-refractivity contribution is 6.06. The second kappa shape index (κ2) is 9.03. The number of nitrogens with one attached hydrogen (secondary N) is 1. The third-order valence-electron chi connectivity index (χ3n) is 7.37. The van der Waals surface area contributed by atoms with Crippen molar-refractivity contribution in [3.63, 3.8) is 0 Å². The van der Waals surface area contributed by atoms with Crippen molar-refractivity contribution in [1.82, 2.24) is 4.90 Å². The van der Waals surface area contributed by atoms with Gasteiger partial charge in [0.05, 0.1) is 24.0 Å². The standard InChI is InChI=1S/C29H35N3O2/c1-20-11-13-21(14-12-20)28-27-23(17-29(2,3)18-25(27)33)30-22-9-5-6-10-24(22)32(28)26(34)19-31-15-7-4-8-16-31/h5-6,9-14,28,30H,4,7-8,15-19H2,1-3H3. The Hall–Kier alpha value is -2.92. The number of aryl methyl sites for hydroxylation is 1. The maximum atomic E-state index is 14.1. The number of amides is 1. The van der Waals surface area contributed by atoms with Gasteiger partial charge in [0.1, 0.15) is 0 Å². The average molecular weight is 458 g/mol. The van der Waals surface area contributed by atoms with Gasteiger partial charge in [0.15, 0.2) is 5.78 Å². The van der Waals surface area contributed by atoms with E-state index in [4.69, 9.17) is 0 Å². The zero-order valence-corrected chi connectivity index (χ0v) is 20.6.